The van der Waals surface area contributed by atoms with Crippen LogP contribution in [0.3, 0.4) is 0 Å². The predicted molar refractivity (Wildman–Crippen MR) is 71.3 cm³/mol. The van der Waals surface area contributed by atoms with Crippen LogP contribution < -0.4 is 0 Å². The summed E-state index contributed by atoms with van der Waals surface area (Å²) in [7, 11) is 1.93. The van der Waals surface area contributed by atoms with Crippen molar-refractivity contribution in [1.29, 1.82) is 0 Å². The lowest BCUT2D eigenvalue weighted by Gasteiger charge is -2.15. The number of carbonyl (C=O) groups excluding carboxylic acids is 2. The summed E-state index contributed by atoms with van der Waals surface area (Å²) in [6, 6.07) is 0. The van der Waals surface area contributed by atoms with E-state index in [2.05, 4.69) is 0 Å². The molecule has 0 aromatic carbocycles. The van der Waals surface area contributed by atoms with Gasteiger partial charge in [-0.2, -0.15) is 0 Å². The van der Waals surface area contributed by atoms with Crippen LogP contribution in [0.1, 0.15) is 26.7 Å². The van der Waals surface area contributed by atoms with Crippen molar-refractivity contribution in [2.45, 2.75) is 26.7 Å². The zero-order valence-electron chi connectivity index (χ0n) is 11.8. The maximum Gasteiger partial charge on any atom is 0.339 e. The van der Waals surface area contributed by atoms with Crippen LogP contribution in [0.2, 0.25) is 0 Å². The average Bonchev–Trinajstić information content (AvgIpc) is 2.77. The Labute approximate surface area is 113 Å². The highest BCUT2D eigenvalue weighted by atomic mass is 16.5. The van der Waals surface area contributed by atoms with Crippen LogP contribution in [0.15, 0.2) is 23.4 Å². The maximum absolute atomic E-state index is 11.9. The molecule has 0 unspecified atom stereocenters. The fraction of sp³-hybridized carbons (Fsp3) is 0.571. The first-order valence-corrected chi connectivity index (χ1v) is 6.56. The van der Waals surface area contributed by atoms with Crippen LogP contribution in [0.4, 0.5) is 0 Å². The van der Waals surface area contributed by atoms with E-state index in [1.807, 2.05) is 11.9 Å². The molecule has 1 aliphatic rings. The Bertz CT molecular complexity index is 398. The summed E-state index contributed by atoms with van der Waals surface area (Å²) in [6.07, 6.45) is 4.59. The zero-order valence-corrected chi connectivity index (χ0v) is 11.8. The minimum absolute atomic E-state index is 0.312. The lowest BCUT2D eigenvalue weighted by atomic mass is 10.1. The first-order valence-electron chi connectivity index (χ1n) is 6.56. The Balaban J connectivity index is 2.93. The van der Waals surface area contributed by atoms with Crippen molar-refractivity contribution >= 4 is 11.9 Å². The third-order valence-electron chi connectivity index (χ3n) is 2.85. The third kappa shape index (κ3) is 4.43. The van der Waals surface area contributed by atoms with E-state index < -0.39 is 11.9 Å². The van der Waals surface area contributed by atoms with Crippen molar-refractivity contribution in [1.82, 2.24) is 4.90 Å². The Hall–Kier alpha value is -1.78. The van der Waals surface area contributed by atoms with Gasteiger partial charge in [-0.1, -0.05) is 0 Å². The largest absolute Gasteiger partial charge is 0.463 e. The molecule has 19 heavy (non-hydrogen) atoms. The molecule has 0 amide bonds. The van der Waals surface area contributed by atoms with Crippen molar-refractivity contribution in [2.75, 3.05) is 26.8 Å². The van der Waals surface area contributed by atoms with Crippen molar-refractivity contribution in [3.05, 3.63) is 23.4 Å². The molecule has 0 atom stereocenters. The zero-order chi connectivity index (χ0) is 14.3. The SMILES string of the molecule is CCOC(=O)/C=C/C(C(=O)OCC)=C1\CCCN1C. The van der Waals surface area contributed by atoms with Gasteiger partial charge in [0.15, 0.2) is 0 Å². The molecule has 0 aromatic heterocycles. The molecule has 5 nitrogen and oxygen atoms in total. The summed E-state index contributed by atoms with van der Waals surface area (Å²) in [4.78, 5) is 25.3. The summed E-state index contributed by atoms with van der Waals surface area (Å²) >= 11 is 0. The van der Waals surface area contributed by atoms with Gasteiger partial charge in [-0.25, -0.2) is 9.59 Å². The monoisotopic (exact) mass is 267 g/mol. The number of likely N-dealkylation sites (tertiary alicyclic amines) is 1. The Morgan fingerprint density at radius 1 is 1.21 bits per heavy atom. The van der Waals surface area contributed by atoms with Crippen molar-refractivity contribution in [3.63, 3.8) is 0 Å². The van der Waals surface area contributed by atoms with E-state index in [9.17, 15) is 9.59 Å². The topological polar surface area (TPSA) is 55.8 Å². The van der Waals surface area contributed by atoms with Gasteiger partial charge in [0, 0.05) is 25.4 Å². The van der Waals surface area contributed by atoms with E-state index in [1.54, 1.807) is 13.8 Å². The number of ether oxygens (including phenoxy) is 2. The van der Waals surface area contributed by atoms with Crippen molar-refractivity contribution < 1.29 is 19.1 Å². The summed E-state index contributed by atoms with van der Waals surface area (Å²) in [5.74, 6) is -0.850. The van der Waals surface area contributed by atoms with Gasteiger partial charge in [0.1, 0.15) is 0 Å². The lowest BCUT2D eigenvalue weighted by Crippen LogP contribution is -2.17. The van der Waals surface area contributed by atoms with Crippen LogP contribution >= 0.6 is 0 Å². The Morgan fingerprint density at radius 3 is 2.42 bits per heavy atom. The fourth-order valence-corrected chi connectivity index (χ4v) is 1.98. The van der Waals surface area contributed by atoms with Gasteiger partial charge in [0.05, 0.1) is 18.8 Å². The molecule has 0 spiro atoms. The van der Waals surface area contributed by atoms with Gasteiger partial charge in [-0.05, 0) is 32.8 Å². The van der Waals surface area contributed by atoms with E-state index in [4.69, 9.17) is 9.47 Å². The van der Waals surface area contributed by atoms with E-state index >= 15 is 0 Å². The molecular formula is C14H21NO4. The highest BCUT2D eigenvalue weighted by molar-refractivity contribution is 5.94. The first-order chi connectivity index (χ1) is 9.10. The predicted octanol–water partition coefficient (Wildman–Crippen LogP) is 1.65. The van der Waals surface area contributed by atoms with Gasteiger partial charge in [-0.3, -0.25) is 0 Å². The number of nitrogens with zero attached hydrogens (tertiary/aromatic N) is 1. The summed E-state index contributed by atoms with van der Waals surface area (Å²) < 4.78 is 9.84. The molecule has 0 aliphatic carbocycles. The van der Waals surface area contributed by atoms with Gasteiger partial charge in [0.2, 0.25) is 0 Å². The Kier molecular flexibility index (Phi) is 6.12. The summed E-state index contributed by atoms with van der Waals surface area (Å²) in [6.45, 7) is 5.03. The lowest BCUT2D eigenvalue weighted by molar-refractivity contribution is -0.138. The molecule has 1 fully saturated rings. The molecule has 1 aliphatic heterocycles. The Morgan fingerprint density at radius 2 is 1.89 bits per heavy atom. The second-order valence-electron chi connectivity index (χ2n) is 4.19. The number of rotatable bonds is 5. The number of carbonyl (C=O) groups is 2. The molecule has 0 bridgehead atoms. The maximum atomic E-state index is 11.9. The van der Waals surface area contributed by atoms with Gasteiger partial charge >= 0.3 is 11.9 Å². The average molecular weight is 267 g/mol. The van der Waals surface area contributed by atoms with E-state index in [1.165, 1.54) is 12.2 Å². The van der Waals surface area contributed by atoms with Crippen LogP contribution in [0.5, 0.6) is 0 Å². The summed E-state index contributed by atoms with van der Waals surface area (Å²) in [5.41, 5.74) is 1.36. The third-order valence-corrected chi connectivity index (χ3v) is 2.85. The van der Waals surface area contributed by atoms with E-state index in [-0.39, 0.29) is 0 Å². The minimum atomic E-state index is -0.453. The molecular weight excluding hydrogens is 246 g/mol. The van der Waals surface area contributed by atoms with E-state index in [0.29, 0.717) is 18.8 Å². The van der Waals surface area contributed by atoms with Crippen LogP contribution in [0, 0.1) is 0 Å². The van der Waals surface area contributed by atoms with Crippen molar-refractivity contribution in [3.8, 4) is 0 Å². The molecule has 1 rings (SSSR count). The number of allylic oxidation sites excluding steroid dienone is 1. The second kappa shape index (κ2) is 7.61. The van der Waals surface area contributed by atoms with Crippen molar-refractivity contribution in [2.24, 2.45) is 0 Å². The molecule has 1 saturated heterocycles. The van der Waals surface area contributed by atoms with Crippen LogP contribution in [-0.2, 0) is 19.1 Å². The van der Waals surface area contributed by atoms with E-state index in [0.717, 1.165) is 25.1 Å². The van der Waals surface area contributed by atoms with Crippen LogP contribution in [0.25, 0.3) is 0 Å². The summed E-state index contributed by atoms with van der Waals surface area (Å²) in [5, 5.41) is 0. The van der Waals surface area contributed by atoms with Gasteiger partial charge in [0.25, 0.3) is 0 Å². The number of esters is 2. The number of hydrogen-bond acceptors (Lipinski definition) is 5. The minimum Gasteiger partial charge on any atom is -0.463 e. The molecule has 106 valence electrons. The van der Waals surface area contributed by atoms with Gasteiger partial charge < -0.3 is 14.4 Å². The first kappa shape index (κ1) is 15.3. The fourth-order valence-electron chi connectivity index (χ4n) is 1.98. The number of hydrogen-bond donors (Lipinski definition) is 0. The molecule has 5 heteroatoms. The molecule has 1 heterocycles. The second-order valence-corrected chi connectivity index (χ2v) is 4.19. The normalized spacial score (nSPS) is 17.7. The molecule has 0 radical (unpaired) electrons. The molecule has 0 aromatic rings. The highest BCUT2D eigenvalue weighted by Crippen LogP contribution is 2.24. The molecule has 0 saturated carbocycles. The van der Waals surface area contributed by atoms with Crippen LogP contribution in [-0.4, -0.2) is 43.6 Å². The highest BCUT2D eigenvalue weighted by Gasteiger charge is 2.21. The molecule has 0 N–H and O–H groups in total. The quantitative estimate of drug-likeness (QED) is 0.560. The smallest absolute Gasteiger partial charge is 0.339 e. The van der Waals surface area contributed by atoms with Gasteiger partial charge in [-0.15, -0.1) is 0 Å². The standard InChI is InChI=1S/C14H21NO4/c1-4-18-13(16)9-8-11(14(17)19-5-2)12-7-6-10-15(12)3/h8-9H,4-7,10H2,1-3H3/b9-8+,12-11-.